The van der Waals surface area contributed by atoms with Crippen LogP contribution in [0, 0.1) is 12.8 Å². The van der Waals surface area contributed by atoms with Crippen LogP contribution in [0.25, 0.3) is 5.57 Å². The first kappa shape index (κ1) is 14.4. The average Bonchev–Trinajstić information content (AvgIpc) is 2.90. The third kappa shape index (κ3) is 2.35. The van der Waals surface area contributed by atoms with Crippen LogP contribution in [-0.2, 0) is 0 Å². The Kier molecular flexibility index (Phi) is 3.65. The summed E-state index contributed by atoms with van der Waals surface area (Å²) < 4.78 is 0. The van der Waals surface area contributed by atoms with E-state index >= 15 is 0 Å². The van der Waals surface area contributed by atoms with Crippen molar-refractivity contribution in [2.24, 2.45) is 5.92 Å². The van der Waals surface area contributed by atoms with Crippen molar-refractivity contribution in [3.8, 4) is 0 Å². The van der Waals surface area contributed by atoms with Crippen molar-refractivity contribution in [2.75, 3.05) is 0 Å². The Morgan fingerprint density at radius 1 is 0.870 bits per heavy atom. The summed E-state index contributed by atoms with van der Waals surface area (Å²) in [6, 6.07) is 16.7. The van der Waals surface area contributed by atoms with Crippen LogP contribution in [0.2, 0.25) is 0 Å². The lowest BCUT2D eigenvalue weighted by molar-refractivity contribution is 0.102. The molecule has 0 bridgehead atoms. The van der Waals surface area contributed by atoms with E-state index in [0.29, 0.717) is 5.92 Å². The van der Waals surface area contributed by atoms with E-state index in [1.165, 1.54) is 30.4 Å². The molecular formula is C22H22O. The molecule has 2 aliphatic carbocycles. The summed E-state index contributed by atoms with van der Waals surface area (Å²) in [4.78, 5) is 13.2. The minimum atomic E-state index is 0.281. The summed E-state index contributed by atoms with van der Waals surface area (Å²) in [5, 5.41) is 0. The summed E-state index contributed by atoms with van der Waals surface area (Å²) in [5.74, 6) is 0.710. The molecule has 1 saturated carbocycles. The van der Waals surface area contributed by atoms with E-state index in [9.17, 15) is 4.79 Å². The second-order valence-electron chi connectivity index (χ2n) is 6.82. The van der Waals surface area contributed by atoms with Gasteiger partial charge in [0.25, 0.3) is 0 Å². The van der Waals surface area contributed by atoms with Crippen molar-refractivity contribution in [3.05, 3.63) is 76.4 Å². The SMILES string of the molecule is Cc1cccc2c1C(=O)C(C1CCCCC1)=C2c1ccccc1. The van der Waals surface area contributed by atoms with E-state index in [1.54, 1.807) is 0 Å². The summed E-state index contributed by atoms with van der Waals surface area (Å²) in [5.41, 5.74) is 6.65. The van der Waals surface area contributed by atoms with Gasteiger partial charge in [-0.25, -0.2) is 0 Å². The topological polar surface area (TPSA) is 17.1 Å². The minimum absolute atomic E-state index is 0.281. The van der Waals surface area contributed by atoms with Crippen molar-refractivity contribution >= 4 is 11.4 Å². The van der Waals surface area contributed by atoms with Gasteiger partial charge in [0.05, 0.1) is 0 Å². The maximum atomic E-state index is 13.2. The predicted molar refractivity (Wildman–Crippen MR) is 94.5 cm³/mol. The van der Waals surface area contributed by atoms with Gasteiger partial charge in [-0.15, -0.1) is 0 Å². The first-order valence-corrected chi connectivity index (χ1v) is 8.71. The predicted octanol–water partition coefficient (Wildman–Crippen LogP) is 5.57. The molecule has 1 heteroatoms. The lowest BCUT2D eigenvalue weighted by Crippen LogP contribution is -2.15. The molecule has 0 N–H and O–H groups in total. The van der Waals surface area contributed by atoms with Gasteiger partial charge in [-0.05, 0) is 47.9 Å². The first-order chi connectivity index (χ1) is 11.3. The number of carbonyl (C=O) groups is 1. The number of hydrogen-bond donors (Lipinski definition) is 0. The maximum Gasteiger partial charge on any atom is 0.190 e. The van der Waals surface area contributed by atoms with Crippen molar-refractivity contribution in [3.63, 3.8) is 0 Å². The molecule has 0 unspecified atom stereocenters. The molecule has 0 saturated heterocycles. The molecule has 4 rings (SSSR count). The number of carbonyl (C=O) groups excluding carboxylic acids is 1. The highest BCUT2D eigenvalue weighted by Crippen LogP contribution is 2.45. The van der Waals surface area contributed by atoms with Crippen molar-refractivity contribution in [1.82, 2.24) is 0 Å². The van der Waals surface area contributed by atoms with E-state index in [-0.39, 0.29) is 5.78 Å². The fourth-order valence-corrected chi connectivity index (χ4v) is 4.27. The highest BCUT2D eigenvalue weighted by atomic mass is 16.1. The van der Waals surface area contributed by atoms with Crippen LogP contribution in [0.3, 0.4) is 0 Å². The number of aryl methyl sites for hydroxylation is 1. The van der Waals surface area contributed by atoms with Gasteiger partial charge in [0.15, 0.2) is 5.78 Å². The molecule has 1 fully saturated rings. The Morgan fingerprint density at radius 2 is 1.61 bits per heavy atom. The lowest BCUT2D eigenvalue weighted by atomic mass is 9.80. The number of rotatable bonds is 2. The van der Waals surface area contributed by atoms with Gasteiger partial charge in [-0.2, -0.15) is 0 Å². The summed E-state index contributed by atoms with van der Waals surface area (Å²) in [7, 11) is 0. The van der Waals surface area contributed by atoms with Gasteiger partial charge in [0, 0.05) is 11.1 Å². The molecule has 23 heavy (non-hydrogen) atoms. The smallest absolute Gasteiger partial charge is 0.190 e. The third-order valence-electron chi connectivity index (χ3n) is 5.36. The van der Waals surface area contributed by atoms with E-state index in [0.717, 1.165) is 35.1 Å². The van der Waals surface area contributed by atoms with Crippen LogP contribution in [0.4, 0.5) is 0 Å². The molecule has 0 aliphatic heterocycles. The Balaban J connectivity index is 1.94. The quantitative estimate of drug-likeness (QED) is 0.708. The molecular weight excluding hydrogens is 280 g/mol. The third-order valence-corrected chi connectivity index (χ3v) is 5.36. The molecule has 2 aliphatic rings. The number of benzene rings is 2. The molecule has 1 nitrogen and oxygen atoms in total. The average molecular weight is 302 g/mol. The normalized spacial score (nSPS) is 18.4. The molecule has 0 radical (unpaired) electrons. The number of Topliss-reactive ketones (excluding diaryl/α,β-unsaturated/α-hetero) is 1. The summed E-state index contributed by atoms with van der Waals surface area (Å²) >= 11 is 0. The Labute approximate surface area is 138 Å². The van der Waals surface area contributed by atoms with Gasteiger partial charge >= 0.3 is 0 Å². The van der Waals surface area contributed by atoms with Gasteiger partial charge in [0.1, 0.15) is 0 Å². The maximum absolute atomic E-state index is 13.2. The number of allylic oxidation sites excluding steroid dienone is 1. The highest BCUT2D eigenvalue weighted by Gasteiger charge is 2.35. The monoisotopic (exact) mass is 302 g/mol. The Bertz CT molecular complexity index is 777. The van der Waals surface area contributed by atoms with Crippen LogP contribution >= 0.6 is 0 Å². The molecule has 0 atom stereocenters. The second-order valence-corrected chi connectivity index (χ2v) is 6.82. The fourth-order valence-electron chi connectivity index (χ4n) is 4.27. The number of ketones is 1. The highest BCUT2D eigenvalue weighted by molar-refractivity contribution is 6.23. The van der Waals surface area contributed by atoms with Crippen LogP contribution in [-0.4, -0.2) is 5.78 Å². The molecule has 116 valence electrons. The van der Waals surface area contributed by atoms with Gasteiger partial charge in [-0.3, -0.25) is 4.79 Å². The van der Waals surface area contributed by atoms with E-state index in [1.807, 2.05) is 6.07 Å². The summed E-state index contributed by atoms with van der Waals surface area (Å²) in [6.45, 7) is 2.06. The molecule has 2 aromatic rings. The molecule has 0 aromatic heterocycles. The Hall–Kier alpha value is -2.15. The number of fused-ring (bicyclic) bond motifs is 1. The minimum Gasteiger partial charge on any atom is -0.289 e. The van der Waals surface area contributed by atoms with Gasteiger partial charge < -0.3 is 0 Å². The lowest BCUT2D eigenvalue weighted by Gasteiger charge is -2.23. The largest absolute Gasteiger partial charge is 0.289 e. The summed E-state index contributed by atoms with van der Waals surface area (Å²) in [6.07, 6.45) is 6.12. The van der Waals surface area contributed by atoms with Crippen LogP contribution in [0.15, 0.2) is 54.1 Å². The van der Waals surface area contributed by atoms with E-state index in [4.69, 9.17) is 0 Å². The van der Waals surface area contributed by atoms with Crippen molar-refractivity contribution < 1.29 is 4.79 Å². The molecule has 0 heterocycles. The van der Waals surface area contributed by atoms with Crippen molar-refractivity contribution in [2.45, 2.75) is 39.0 Å². The molecule has 2 aromatic carbocycles. The van der Waals surface area contributed by atoms with E-state index < -0.39 is 0 Å². The fraction of sp³-hybridized carbons (Fsp3) is 0.318. The zero-order valence-corrected chi connectivity index (χ0v) is 13.6. The van der Waals surface area contributed by atoms with Crippen LogP contribution in [0.5, 0.6) is 0 Å². The molecule has 0 spiro atoms. The van der Waals surface area contributed by atoms with Crippen LogP contribution in [0.1, 0.15) is 59.2 Å². The van der Waals surface area contributed by atoms with Crippen LogP contribution < -0.4 is 0 Å². The van der Waals surface area contributed by atoms with Crippen molar-refractivity contribution in [1.29, 1.82) is 0 Å². The van der Waals surface area contributed by atoms with Gasteiger partial charge in [0.2, 0.25) is 0 Å². The first-order valence-electron chi connectivity index (χ1n) is 8.71. The zero-order valence-electron chi connectivity index (χ0n) is 13.6. The zero-order chi connectivity index (χ0) is 15.8. The molecule has 0 amide bonds. The van der Waals surface area contributed by atoms with E-state index in [2.05, 4.69) is 49.4 Å². The van der Waals surface area contributed by atoms with Gasteiger partial charge in [-0.1, -0.05) is 67.8 Å². The standard InChI is InChI=1S/C22H22O/c1-15-9-8-14-18-19(15)22(23)21(17-12-6-3-7-13-17)20(18)16-10-4-2-5-11-16/h2,4-5,8-11,14,17H,3,6-7,12-13H2,1H3. The Morgan fingerprint density at radius 3 is 2.35 bits per heavy atom. The second kappa shape index (κ2) is 5.81. The number of hydrogen-bond acceptors (Lipinski definition) is 1.